The van der Waals surface area contributed by atoms with Crippen LogP contribution < -0.4 is 10.2 Å². The Kier molecular flexibility index (Phi) is 5.03. The van der Waals surface area contributed by atoms with Gasteiger partial charge in [-0.05, 0) is 18.6 Å². The lowest BCUT2D eigenvalue weighted by atomic mass is 10.3. The van der Waals surface area contributed by atoms with Crippen LogP contribution in [0.2, 0.25) is 0 Å². The summed E-state index contributed by atoms with van der Waals surface area (Å²) in [6.45, 7) is 1.60. The number of nitrogens with one attached hydrogen (secondary N) is 1. The van der Waals surface area contributed by atoms with Crippen molar-refractivity contribution in [3.05, 3.63) is 52.8 Å². The van der Waals surface area contributed by atoms with Crippen molar-refractivity contribution in [3.63, 3.8) is 0 Å². The van der Waals surface area contributed by atoms with Crippen molar-refractivity contribution in [1.29, 1.82) is 0 Å². The lowest BCUT2D eigenvalue weighted by Gasteiger charge is -2.19. The molecule has 0 fully saturated rings. The maximum atomic E-state index is 10.5. The minimum Gasteiger partial charge on any atom is -0.375 e. The van der Waals surface area contributed by atoms with Crippen LogP contribution in [0.3, 0.4) is 0 Å². The van der Waals surface area contributed by atoms with Crippen LogP contribution in [0.4, 0.5) is 17.3 Å². The maximum Gasteiger partial charge on any atom is 0.305 e. The van der Waals surface area contributed by atoms with Gasteiger partial charge in [0.05, 0.1) is 4.92 Å². The Morgan fingerprint density at radius 2 is 1.90 bits per heavy atom. The van der Waals surface area contributed by atoms with Crippen molar-refractivity contribution < 1.29 is 4.92 Å². The molecule has 2 aromatic rings. The van der Waals surface area contributed by atoms with Gasteiger partial charge in [0.25, 0.3) is 0 Å². The van der Waals surface area contributed by atoms with E-state index in [2.05, 4.69) is 32.3 Å². The van der Waals surface area contributed by atoms with E-state index in [4.69, 9.17) is 0 Å². The number of aromatic nitrogens is 2. The van der Waals surface area contributed by atoms with Crippen molar-refractivity contribution in [2.75, 3.05) is 30.4 Å². The van der Waals surface area contributed by atoms with Gasteiger partial charge in [0.15, 0.2) is 0 Å². The molecule has 0 amide bonds. The molecule has 110 valence electrons. The van der Waals surface area contributed by atoms with Gasteiger partial charge in [-0.15, -0.1) is 0 Å². The Hall–Kier alpha value is -2.70. The average molecular weight is 287 g/mol. The van der Waals surface area contributed by atoms with Crippen molar-refractivity contribution in [2.24, 2.45) is 0 Å². The van der Waals surface area contributed by atoms with Gasteiger partial charge >= 0.3 is 5.69 Å². The highest BCUT2D eigenvalue weighted by Crippen LogP contribution is 2.11. The molecule has 1 aromatic carbocycles. The highest BCUT2D eigenvalue weighted by molar-refractivity contribution is 5.44. The third kappa shape index (κ3) is 4.41. The van der Waals surface area contributed by atoms with E-state index in [1.54, 1.807) is 0 Å². The Morgan fingerprint density at radius 3 is 2.52 bits per heavy atom. The van der Waals surface area contributed by atoms with Crippen LogP contribution in [0, 0.1) is 10.1 Å². The van der Waals surface area contributed by atoms with Gasteiger partial charge in [-0.2, -0.15) is 0 Å². The molecule has 0 atom stereocenters. The fraction of sp³-hybridized carbons (Fsp3) is 0.286. The molecule has 0 saturated heterocycles. The normalized spacial score (nSPS) is 10.1. The first-order valence-electron chi connectivity index (χ1n) is 6.63. The average Bonchev–Trinajstić information content (AvgIpc) is 2.52. The summed E-state index contributed by atoms with van der Waals surface area (Å²) < 4.78 is 0. The van der Waals surface area contributed by atoms with Crippen molar-refractivity contribution >= 4 is 17.3 Å². The molecule has 21 heavy (non-hydrogen) atoms. The second-order valence-electron chi connectivity index (χ2n) is 4.56. The second-order valence-corrected chi connectivity index (χ2v) is 4.56. The predicted molar refractivity (Wildman–Crippen MR) is 81.5 cm³/mol. The number of hydrogen-bond acceptors (Lipinski definition) is 6. The summed E-state index contributed by atoms with van der Waals surface area (Å²) in [6.07, 6.45) is 3.31. The first kappa shape index (κ1) is 14.7. The van der Waals surface area contributed by atoms with E-state index in [0.717, 1.165) is 13.0 Å². The Bertz CT molecular complexity index is 574. The standard InChI is InChI=1S/C14H17N5O2/c1-18(12-6-3-2-4-7-12)9-5-8-15-14-16-10-13(11-17-14)19(20)21/h2-4,6-7,10-11H,5,8-9H2,1H3,(H,15,16,17). The zero-order valence-electron chi connectivity index (χ0n) is 11.8. The van der Waals surface area contributed by atoms with Gasteiger partial charge < -0.3 is 10.2 Å². The molecule has 7 heteroatoms. The van der Waals surface area contributed by atoms with Crippen LogP contribution in [-0.4, -0.2) is 35.0 Å². The van der Waals surface area contributed by atoms with E-state index in [9.17, 15) is 10.1 Å². The summed E-state index contributed by atoms with van der Waals surface area (Å²) in [4.78, 5) is 19.9. The fourth-order valence-corrected chi connectivity index (χ4v) is 1.83. The van der Waals surface area contributed by atoms with Gasteiger partial charge in [-0.25, -0.2) is 9.97 Å². The number of hydrogen-bond donors (Lipinski definition) is 1. The monoisotopic (exact) mass is 287 g/mol. The minimum atomic E-state index is -0.515. The van der Waals surface area contributed by atoms with Gasteiger partial charge in [-0.1, -0.05) is 18.2 Å². The molecule has 1 heterocycles. The number of benzene rings is 1. The summed E-state index contributed by atoms with van der Waals surface area (Å²) in [5, 5.41) is 13.5. The SMILES string of the molecule is CN(CCCNc1ncc([N+](=O)[O-])cn1)c1ccccc1. The molecular weight excluding hydrogens is 270 g/mol. The number of anilines is 2. The Morgan fingerprint density at radius 1 is 1.24 bits per heavy atom. The molecular formula is C14H17N5O2. The highest BCUT2D eigenvalue weighted by atomic mass is 16.6. The minimum absolute atomic E-state index is 0.107. The topological polar surface area (TPSA) is 84.2 Å². The predicted octanol–water partition coefficient (Wildman–Crippen LogP) is 2.32. The summed E-state index contributed by atoms with van der Waals surface area (Å²) in [5.74, 6) is 0.406. The largest absolute Gasteiger partial charge is 0.375 e. The lowest BCUT2D eigenvalue weighted by molar-refractivity contribution is -0.385. The molecule has 0 radical (unpaired) electrons. The van der Waals surface area contributed by atoms with Crippen molar-refractivity contribution in [3.8, 4) is 0 Å². The van der Waals surface area contributed by atoms with Crippen LogP contribution in [0.1, 0.15) is 6.42 Å². The van der Waals surface area contributed by atoms with E-state index in [-0.39, 0.29) is 5.69 Å². The van der Waals surface area contributed by atoms with Crippen molar-refractivity contribution in [2.45, 2.75) is 6.42 Å². The molecule has 0 bridgehead atoms. The van der Waals surface area contributed by atoms with E-state index in [0.29, 0.717) is 12.5 Å². The molecule has 1 N–H and O–H groups in total. The van der Waals surface area contributed by atoms with E-state index >= 15 is 0 Å². The number of para-hydroxylation sites is 1. The van der Waals surface area contributed by atoms with Gasteiger partial charge in [0.1, 0.15) is 12.4 Å². The Labute approximate surface area is 122 Å². The molecule has 0 aliphatic heterocycles. The lowest BCUT2D eigenvalue weighted by Crippen LogP contribution is -2.21. The molecule has 1 aromatic heterocycles. The third-order valence-electron chi connectivity index (χ3n) is 3.00. The number of nitrogens with zero attached hydrogens (tertiary/aromatic N) is 4. The van der Waals surface area contributed by atoms with Crippen LogP contribution in [0.25, 0.3) is 0 Å². The van der Waals surface area contributed by atoms with Crippen LogP contribution in [0.5, 0.6) is 0 Å². The summed E-state index contributed by atoms with van der Waals surface area (Å²) in [5.41, 5.74) is 1.06. The van der Waals surface area contributed by atoms with Crippen LogP contribution >= 0.6 is 0 Å². The summed E-state index contributed by atoms with van der Waals surface area (Å²) in [6, 6.07) is 10.1. The van der Waals surface area contributed by atoms with Gasteiger partial charge in [-0.3, -0.25) is 10.1 Å². The molecule has 0 saturated carbocycles. The number of rotatable bonds is 7. The first-order chi connectivity index (χ1) is 10.2. The van der Waals surface area contributed by atoms with E-state index in [1.807, 2.05) is 25.2 Å². The van der Waals surface area contributed by atoms with Crippen molar-refractivity contribution in [1.82, 2.24) is 9.97 Å². The summed E-state index contributed by atoms with van der Waals surface area (Å²) in [7, 11) is 2.04. The molecule has 7 nitrogen and oxygen atoms in total. The number of nitro groups is 1. The Balaban J connectivity index is 1.73. The molecule has 0 spiro atoms. The zero-order chi connectivity index (χ0) is 15.1. The molecule has 0 aliphatic rings. The highest BCUT2D eigenvalue weighted by Gasteiger charge is 2.06. The quantitative estimate of drug-likeness (QED) is 0.478. The third-order valence-corrected chi connectivity index (χ3v) is 3.00. The fourth-order valence-electron chi connectivity index (χ4n) is 1.83. The van der Waals surface area contributed by atoms with Gasteiger partial charge in [0, 0.05) is 25.8 Å². The van der Waals surface area contributed by atoms with E-state index in [1.165, 1.54) is 18.1 Å². The molecule has 0 unspecified atom stereocenters. The van der Waals surface area contributed by atoms with Gasteiger partial charge in [0.2, 0.25) is 5.95 Å². The summed E-state index contributed by atoms with van der Waals surface area (Å²) >= 11 is 0. The smallest absolute Gasteiger partial charge is 0.305 e. The first-order valence-corrected chi connectivity index (χ1v) is 6.63. The molecule has 0 aliphatic carbocycles. The van der Waals surface area contributed by atoms with Crippen LogP contribution in [-0.2, 0) is 0 Å². The second kappa shape index (κ2) is 7.18. The van der Waals surface area contributed by atoms with E-state index < -0.39 is 4.92 Å². The van der Waals surface area contributed by atoms with Crippen LogP contribution in [0.15, 0.2) is 42.7 Å². The zero-order valence-corrected chi connectivity index (χ0v) is 11.8. The maximum absolute atomic E-state index is 10.5. The molecule has 2 rings (SSSR count).